The first-order valence-corrected chi connectivity index (χ1v) is 11.9. The standard InChI is InChI=1S/C25H30FN7O2/c1-4-27-16-7-9-32(10-8-16)22-6-5-19(23-20(22)14-31(2)30-23)25(34)29-17-11-21(26)24-28-18(15-35-3)13-33(24)12-17/h5-6,11-14,16,27H,4,7-10,15H2,1-3H3,(H,29,34). The number of pyridine rings is 1. The summed E-state index contributed by atoms with van der Waals surface area (Å²) < 4.78 is 23.0. The average Bonchev–Trinajstić information content (AvgIpc) is 3.42. The largest absolute Gasteiger partial charge is 0.378 e. The lowest BCUT2D eigenvalue weighted by Crippen LogP contribution is -2.42. The second-order valence-electron chi connectivity index (χ2n) is 8.94. The van der Waals surface area contributed by atoms with Crippen LogP contribution in [0.1, 0.15) is 35.8 Å². The van der Waals surface area contributed by atoms with Gasteiger partial charge < -0.3 is 24.7 Å². The van der Waals surface area contributed by atoms with Gasteiger partial charge in [-0.1, -0.05) is 6.92 Å². The van der Waals surface area contributed by atoms with Crippen LogP contribution in [-0.2, 0) is 18.4 Å². The van der Waals surface area contributed by atoms with Crippen LogP contribution in [0.15, 0.2) is 36.8 Å². The minimum absolute atomic E-state index is 0.185. The molecule has 184 valence electrons. The van der Waals surface area contributed by atoms with Crippen molar-refractivity contribution >= 4 is 33.8 Å². The fourth-order valence-electron chi connectivity index (χ4n) is 4.87. The van der Waals surface area contributed by atoms with Gasteiger partial charge in [-0.15, -0.1) is 0 Å². The second-order valence-corrected chi connectivity index (χ2v) is 8.94. The molecule has 10 heteroatoms. The van der Waals surface area contributed by atoms with E-state index < -0.39 is 5.82 Å². The number of piperidine rings is 1. The number of hydrogen-bond donors (Lipinski definition) is 2. The predicted octanol–water partition coefficient (Wildman–Crippen LogP) is 3.34. The summed E-state index contributed by atoms with van der Waals surface area (Å²) in [6, 6.07) is 5.61. The van der Waals surface area contributed by atoms with Crippen LogP contribution in [-0.4, -0.2) is 57.9 Å². The first-order valence-electron chi connectivity index (χ1n) is 11.9. The monoisotopic (exact) mass is 479 g/mol. The Hall–Kier alpha value is -3.50. The van der Waals surface area contributed by atoms with E-state index >= 15 is 0 Å². The number of carbonyl (C=O) groups is 1. The molecule has 0 bridgehead atoms. The van der Waals surface area contributed by atoms with Crippen LogP contribution in [0.3, 0.4) is 0 Å². The van der Waals surface area contributed by atoms with Gasteiger partial charge in [-0.25, -0.2) is 9.37 Å². The summed E-state index contributed by atoms with van der Waals surface area (Å²) in [5, 5.41) is 11.9. The van der Waals surface area contributed by atoms with Gasteiger partial charge in [-0.3, -0.25) is 9.48 Å². The zero-order valence-electron chi connectivity index (χ0n) is 20.2. The summed E-state index contributed by atoms with van der Waals surface area (Å²) in [7, 11) is 3.41. The Bertz CT molecular complexity index is 1370. The Morgan fingerprint density at radius 1 is 1.23 bits per heavy atom. The highest BCUT2D eigenvalue weighted by Crippen LogP contribution is 2.31. The van der Waals surface area contributed by atoms with Gasteiger partial charge in [0.2, 0.25) is 0 Å². The van der Waals surface area contributed by atoms with Crippen LogP contribution >= 0.6 is 0 Å². The van der Waals surface area contributed by atoms with E-state index in [9.17, 15) is 9.18 Å². The molecule has 1 fully saturated rings. The Kier molecular flexibility index (Phi) is 6.40. The Morgan fingerprint density at radius 3 is 2.77 bits per heavy atom. The molecule has 4 heterocycles. The summed E-state index contributed by atoms with van der Waals surface area (Å²) in [5.41, 5.74) is 3.27. The number of anilines is 2. The zero-order valence-corrected chi connectivity index (χ0v) is 20.2. The number of hydrogen-bond acceptors (Lipinski definition) is 6. The maximum absolute atomic E-state index is 14.6. The minimum atomic E-state index is -0.524. The van der Waals surface area contributed by atoms with Gasteiger partial charge >= 0.3 is 0 Å². The number of aryl methyl sites for hydroxylation is 1. The van der Waals surface area contributed by atoms with Crippen molar-refractivity contribution in [3.05, 3.63) is 53.9 Å². The number of nitrogens with zero attached hydrogens (tertiary/aromatic N) is 5. The lowest BCUT2D eigenvalue weighted by molar-refractivity contribution is 0.102. The number of nitrogens with one attached hydrogen (secondary N) is 2. The first-order chi connectivity index (χ1) is 17.0. The number of rotatable bonds is 7. The summed E-state index contributed by atoms with van der Waals surface area (Å²) in [6.45, 7) is 5.29. The normalized spacial score (nSPS) is 14.8. The maximum atomic E-state index is 14.6. The van der Waals surface area contributed by atoms with Crippen molar-refractivity contribution in [2.45, 2.75) is 32.4 Å². The molecule has 35 heavy (non-hydrogen) atoms. The van der Waals surface area contributed by atoms with Crippen molar-refractivity contribution < 1.29 is 13.9 Å². The number of methoxy groups -OCH3 is 1. The van der Waals surface area contributed by atoms with Crippen molar-refractivity contribution in [1.82, 2.24) is 24.5 Å². The molecule has 0 aliphatic carbocycles. The van der Waals surface area contributed by atoms with Crippen molar-refractivity contribution in [2.24, 2.45) is 7.05 Å². The highest BCUT2D eigenvalue weighted by molar-refractivity contribution is 6.13. The number of imidazole rings is 1. The molecule has 3 aromatic heterocycles. The zero-order chi connectivity index (χ0) is 24.5. The van der Waals surface area contributed by atoms with E-state index in [2.05, 4.69) is 32.5 Å². The molecule has 1 amide bonds. The summed E-state index contributed by atoms with van der Waals surface area (Å²) >= 11 is 0. The van der Waals surface area contributed by atoms with E-state index in [1.54, 1.807) is 34.7 Å². The number of benzene rings is 1. The van der Waals surface area contributed by atoms with Crippen LogP contribution in [0, 0.1) is 5.82 Å². The van der Waals surface area contributed by atoms with Crippen molar-refractivity contribution in [3.63, 3.8) is 0 Å². The van der Waals surface area contributed by atoms with Crippen LogP contribution in [0.4, 0.5) is 15.8 Å². The van der Waals surface area contributed by atoms with Gasteiger partial charge in [0.25, 0.3) is 5.91 Å². The van der Waals surface area contributed by atoms with Gasteiger partial charge in [0, 0.05) is 69.0 Å². The Morgan fingerprint density at radius 2 is 2.03 bits per heavy atom. The fourth-order valence-corrected chi connectivity index (χ4v) is 4.87. The van der Waals surface area contributed by atoms with Crippen LogP contribution in [0.5, 0.6) is 0 Å². The van der Waals surface area contributed by atoms with Gasteiger partial charge in [0.05, 0.1) is 23.6 Å². The number of aromatic nitrogens is 4. The van der Waals surface area contributed by atoms with E-state index in [0.29, 0.717) is 28.5 Å². The average molecular weight is 480 g/mol. The number of amides is 1. The Balaban J connectivity index is 1.41. The minimum Gasteiger partial charge on any atom is -0.378 e. The third-order valence-corrected chi connectivity index (χ3v) is 6.45. The van der Waals surface area contributed by atoms with E-state index in [-0.39, 0.29) is 18.2 Å². The van der Waals surface area contributed by atoms with Gasteiger partial charge in [-0.05, 0) is 31.5 Å². The fraction of sp³-hybridized carbons (Fsp3) is 0.400. The SMILES string of the molecule is CCNC1CCN(c2ccc(C(=O)Nc3cc(F)c4nc(COC)cn4c3)c3nn(C)cc23)CC1. The van der Waals surface area contributed by atoms with Crippen LogP contribution in [0.25, 0.3) is 16.6 Å². The second kappa shape index (κ2) is 9.63. The topological polar surface area (TPSA) is 88.7 Å². The van der Waals surface area contributed by atoms with E-state index in [0.717, 1.165) is 43.5 Å². The highest BCUT2D eigenvalue weighted by Gasteiger charge is 2.23. The first kappa shape index (κ1) is 23.3. The molecule has 0 saturated carbocycles. The molecule has 2 N–H and O–H groups in total. The predicted molar refractivity (Wildman–Crippen MR) is 133 cm³/mol. The summed E-state index contributed by atoms with van der Waals surface area (Å²) in [6.07, 6.45) is 7.42. The molecule has 1 aliphatic rings. The lowest BCUT2D eigenvalue weighted by atomic mass is 10.0. The summed E-state index contributed by atoms with van der Waals surface area (Å²) in [4.78, 5) is 19.8. The third kappa shape index (κ3) is 4.59. The molecule has 1 saturated heterocycles. The van der Waals surface area contributed by atoms with E-state index in [1.165, 1.54) is 6.07 Å². The molecule has 0 unspecified atom stereocenters. The number of fused-ring (bicyclic) bond motifs is 2. The van der Waals surface area contributed by atoms with Gasteiger partial charge in [-0.2, -0.15) is 5.10 Å². The smallest absolute Gasteiger partial charge is 0.257 e. The molecule has 1 aliphatic heterocycles. The molecule has 9 nitrogen and oxygen atoms in total. The molecule has 0 atom stereocenters. The quantitative estimate of drug-likeness (QED) is 0.423. The molecule has 0 spiro atoms. The van der Waals surface area contributed by atoms with Crippen molar-refractivity contribution in [3.8, 4) is 0 Å². The summed E-state index contributed by atoms with van der Waals surface area (Å²) in [5.74, 6) is -0.869. The van der Waals surface area contributed by atoms with E-state index in [4.69, 9.17) is 4.74 Å². The van der Waals surface area contributed by atoms with Crippen LogP contribution < -0.4 is 15.5 Å². The molecule has 4 aromatic rings. The lowest BCUT2D eigenvalue weighted by Gasteiger charge is -2.34. The van der Waals surface area contributed by atoms with E-state index in [1.807, 2.05) is 19.3 Å². The molecule has 0 radical (unpaired) electrons. The number of halogens is 1. The number of ether oxygens (including phenoxy) is 1. The molecular weight excluding hydrogens is 449 g/mol. The highest BCUT2D eigenvalue weighted by atomic mass is 19.1. The number of carbonyl (C=O) groups excluding carboxylic acids is 1. The van der Waals surface area contributed by atoms with Crippen LogP contribution in [0.2, 0.25) is 0 Å². The molecule has 1 aromatic carbocycles. The van der Waals surface area contributed by atoms with Gasteiger partial charge in [0.15, 0.2) is 11.5 Å². The molecule has 5 rings (SSSR count). The van der Waals surface area contributed by atoms with Crippen molar-refractivity contribution in [1.29, 1.82) is 0 Å². The van der Waals surface area contributed by atoms with Crippen molar-refractivity contribution in [2.75, 3.05) is 37.0 Å². The Labute approximate surface area is 202 Å². The third-order valence-electron chi connectivity index (χ3n) is 6.45. The maximum Gasteiger partial charge on any atom is 0.257 e. The molecular formula is C25H30FN7O2. The van der Waals surface area contributed by atoms with Gasteiger partial charge in [0.1, 0.15) is 5.52 Å².